The van der Waals surface area contributed by atoms with Gasteiger partial charge in [0.15, 0.2) is 17.1 Å². The van der Waals surface area contributed by atoms with Crippen molar-refractivity contribution in [1.29, 1.82) is 0 Å². The summed E-state index contributed by atoms with van der Waals surface area (Å²) in [5, 5.41) is 21.4. The Labute approximate surface area is 178 Å². The standard InChI is InChI=1S/C19H24N6O2S2/c1-5-16-21-23-18(29-16)20-15(26)11-28-19-24-22-17(25(19)6-2)13(4)27-14-9-7-12(3)8-10-14/h7-10,13H,5-6,11H2,1-4H3,(H,20,23,26). The third-order valence-electron chi connectivity index (χ3n) is 4.11. The predicted molar refractivity (Wildman–Crippen MR) is 115 cm³/mol. The monoisotopic (exact) mass is 432 g/mol. The van der Waals surface area contributed by atoms with Gasteiger partial charge in [-0.2, -0.15) is 0 Å². The molecule has 0 saturated heterocycles. The molecule has 0 fully saturated rings. The number of thioether (sulfide) groups is 1. The molecule has 3 rings (SSSR count). The smallest absolute Gasteiger partial charge is 0.236 e. The van der Waals surface area contributed by atoms with Crippen molar-refractivity contribution in [3.8, 4) is 5.75 Å². The summed E-state index contributed by atoms with van der Waals surface area (Å²) in [6.07, 6.45) is 0.537. The largest absolute Gasteiger partial charge is 0.483 e. The highest BCUT2D eigenvalue weighted by molar-refractivity contribution is 7.99. The molecule has 0 aliphatic heterocycles. The van der Waals surface area contributed by atoms with Gasteiger partial charge in [0, 0.05) is 6.54 Å². The van der Waals surface area contributed by atoms with Crippen LogP contribution < -0.4 is 10.1 Å². The maximum atomic E-state index is 12.2. The van der Waals surface area contributed by atoms with Crippen LogP contribution in [0.5, 0.6) is 5.75 Å². The van der Waals surface area contributed by atoms with Crippen molar-refractivity contribution in [2.75, 3.05) is 11.1 Å². The first-order valence-corrected chi connectivity index (χ1v) is 11.2. The number of aromatic nitrogens is 5. The van der Waals surface area contributed by atoms with E-state index in [2.05, 4.69) is 25.7 Å². The second-order valence-corrected chi connectivity index (χ2v) is 8.35. The van der Waals surface area contributed by atoms with Crippen LogP contribution in [-0.4, -0.2) is 36.6 Å². The Morgan fingerprint density at radius 2 is 1.97 bits per heavy atom. The summed E-state index contributed by atoms with van der Waals surface area (Å²) in [5.41, 5.74) is 1.18. The van der Waals surface area contributed by atoms with E-state index in [1.807, 2.05) is 56.5 Å². The number of nitrogens with zero attached hydrogens (tertiary/aromatic N) is 5. The summed E-state index contributed by atoms with van der Waals surface area (Å²) < 4.78 is 7.97. The number of anilines is 1. The maximum Gasteiger partial charge on any atom is 0.236 e. The molecule has 1 atom stereocenters. The highest BCUT2D eigenvalue weighted by Crippen LogP contribution is 2.25. The van der Waals surface area contributed by atoms with E-state index in [1.165, 1.54) is 28.7 Å². The molecule has 1 unspecified atom stereocenters. The van der Waals surface area contributed by atoms with Gasteiger partial charge >= 0.3 is 0 Å². The molecule has 1 amide bonds. The van der Waals surface area contributed by atoms with Crippen LogP contribution >= 0.6 is 23.1 Å². The summed E-state index contributed by atoms with van der Waals surface area (Å²) in [4.78, 5) is 12.2. The molecule has 0 radical (unpaired) electrons. The molecule has 0 aliphatic rings. The zero-order valence-electron chi connectivity index (χ0n) is 16.9. The van der Waals surface area contributed by atoms with E-state index in [0.29, 0.717) is 16.8 Å². The first-order valence-electron chi connectivity index (χ1n) is 9.41. The van der Waals surface area contributed by atoms with E-state index in [4.69, 9.17) is 4.74 Å². The summed E-state index contributed by atoms with van der Waals surface area (Å²) >= 11 is 2.72. The average molecular weight is 433 g/mol. The number of benzene rings is 1. The number of amides is 1. The minimum atomic E-state index is -0.262. The van der Waals surface area contributed by atoms with E-state index >= 15 is 0 Å². The Morgan fingerprint density at radius 3 is 2.62 bits per heavy atom. The molecule has 2 heterocycles. The first kappa shape index (κ1) is 21.3. The van der Waals surface area contributed by atoms with Gasteiger partial charge in [-0.05, 0) is 39.3 Å². The lowest BCUT2D eigenvalue weighted by atomic mass is 10.2. The molecular weight excluding hydrogens is 408 g/mol. The average Bonchev–Trinajstić information content (AvgIpc) is 3.34. The predicted octanol–water partition coefficient (Wildman–Crippen LogP) is 3.89. The quantitative estimate of drug-likeness (QED) is 0.513. The number of carbonyl (C=O) groups excluding carboxylic acids is 1. The van der Waals surface area contributed by atoms with E-state index < -0.39 is 0 Å². The maximum absolute atomic E-state index is 12.2. The Bertz CT molecular complexity index is 954. The SMILES string of the molecule is CCc1nnc(NC(=O)CSc2nnc(C(C)Oc3ccc(C)cc3)n2CC)s1. The molecule has 154 valence electrons. The molecular formula is C19H24N6O2S2. The van der Waals surface area contributed by atoms with E-state index in [-0.39, 0.29) is 17.8 Å². The van der Waals surface area contributed by atoms with Gasteiger partial charge in [0.05, 0.1) is 5.75 Å². The topological polar surface area (TPSA) is 94.8 Å². The van der Waals surface area contributed by atoms with Crippen LogP contribution in [0.1, 0.15) is 43.3 Å². The molecule has 29 heavy (non-hydrogen) atoms. The third-order valence-corrected chi connectivity index (χ3v) is 6.06. The number of aryl methyl sites for hydroxylation is 2. The lowest BCUT2D eigenvalue weighted by Gasteiger charge is -2.15. The zero-order chi connectivity index (χ0) is 20.8. The van der Waals surface area contributed by atoms with Crippen LogP contribution in [0.25, 0.3) is 0 Å². The van der Waals surface area contributed by atoms with Crippen molar-refractivity contribution in [2.24, 2.45) is 0 Å². The number of hydrogen-bond donors (Lipinski definition) is 1. The van der Waals surface area contributed by atoms with Gasteiger partial charge in [-0.25, -0.2) is 0 Å². The van der Waals surface area contributed by atoms with Gasteiger partial charge in [0.2, 0.25) is 11.0 Å². The lowest BCUT2D eigenvalue weighted by Crippen LogP contribution is -2.15. The van der Waals surface area contributed by atoms with Gasteiger partial charge in [0.25, 0.3) is 0 Å². The second kappa shape index (κ2) is 9.84. The second-order valence-electron chi connectivity index (χ2n) is 6.35. The summed E-state index contributed by atoms with van der Waals surface area (Å²) in [6.45, 7) is 8.68. The molecule has 2 aromatic heterocycles. The number of hydrogen-bond acceptors (Lipinski definition) is 8. The number of ether oxygens (including phenoxy) is 1. The van der Waals surface area contributed by atoms with E-state index in [1.54, 1.807) is 0 Å². The van der Waals surface area contributed by atoms with E-state index in [0.717, 1.165) is 23.0 Å². The fourth-order valence-electron chi connectivity index (χ4n) is 2.61. The van der Waals surface area contributed by atoms with Crippen LogP contribution in [-0.2, 0) is 17.8 Å². The van der Waals surface area contributed by atoms with Gasteiger partial charge in [-0.1, -0.05) is 47.7 Å². The Kier molecular flexibility index (Phi) is 7.21. The number of carbonyl (C=O) groups is 1. The fourth-order valence-corrected chi connectivity index (χ4v) is 4.12. The van der Waals surface area contributed by atoms with Gasteiger partial charge in [-0.15, -0.1) is 20.4 Å². The van der Waals surface area contributed by atoms with Gasteiger partial charge in [0.1, 0.15) is 10.8 Å². The van der Waals surface area contributed by atoms with Crippen LogP contribution in [0.4, 0.5) is 5.13 Å². The zero-order valence-corrected chi connectivity index (χ0v) is 18.5. The van der Waals surface area contributed by atoms with Gasteiger partial charge < -0.3 is 9.30 Å². The Morgan fingerprint density at radius 1 is 1.21 bits per heavy atom. The molecule has 1 aromatic carbocycles. The minimum absolute atomic E-state index is 0.148. The summed E-state index contributed by atoms with van der Waals surface area (Å²) in [5.74, 6) is 1.58. The summed E-state index contributed by atoms with van der Waals surface area (Å²) in [6, 6.07) is 7.90. The molecule has 8 nitrogen and oxygen atoms in total. The van der Waals surface area contributed by atoms with E-state index in [9.17, 15) is 4.79 Å². The summed E-state index contributed by atoms with van der Waals surface area (Å²) in [7, 11) is 0. The normalized spacial score (nSPS) is 12.0. The Hall–Kier alpha value is -2.46. The van der Waals surface area contributed by atoms with Crippen molar-refractivity contribution in [2.45, 2.75) is 51.9 Å². The third kappa shape index (κ3) is 5.54. The number of rotatable bonds is 9. The Balaban J connectivity index is 1.60. The van der Waals surface area contributed by atoms with Crippen molar-refractivity contribution in [3.63, 3.8) is 0 Å². The fraction of sp³-hybridized carbons (Fsp3) is 0.421. The van der Waals surface area contributed by atoms with Crippen LogP contribution in [0.3, 0.4) is 0 Å². The van der Waals surface area contributed by atoms with Crippen LogP contribution in [0.2, 0.25) is 0 Å². The number of nitrogens with one attached hydrogen (secondary N) is 1. The minimum Gasteiger partial charge on any atom is -0.483 e. The molecule has 0 aliphatic carbocycles. The molecule has 3 aromatic rings. The molecule has 0 bridgehead atoms. The molecule has 0 saturated carbocycles. The van der Waals surface area contributed by atoms with Crippen LogP contribution in [0, 0.1) is 6.92 Å². The molecule has 0 spiro atoms. The highest BCUT2D eigenvalue weighted by atomic mass is 32.2. The van der Waals surface area contributed by atoms with Crippen LogP contribution in [0.15, 0.2) is 29.4 Å². The lowest BCUT2D eigenvalue weighted by molar-refractivity contribution is -0.113. The van der Waals surface area contributed by atoms with Crippen molar-refractivity contribution < 1.29 is 9.53 Å². The van der Waals surface area contributed by atoms with Crippen molar-refractivity contribution >= 4 is 34.1 Å². The molecule has 10 heteroatoms. The van der Waals surface area contributed by atoms with Crippen molar-refractivity contribution in [3.05, 3.63) is 40.7 Å². The van der Waals surface area contributed by atoms with Crippen molar-refractivity contribution in [1.82, 2.24) is 25.0 Å². The van der Waals surface area contributed by atoms with Gasteiger partial charge in [-0.3, -0.25) is 10.1 Å². The molecule has 1 N–H and O–H groups in total. The first-order chi connectivity index (χ1) is 14.0. The highest BCUT2D eigenvalue weighted by Gasteiger charge is 2.19.